The summed E-state index contributed by atoms with van der Waals surface area (Å²) in [5, 5.41) is 12.0. The maximum absolute atomic E-state index is 11.4. The van der Waals surface area contributed by atoms with Crippen LogP contribution in [0.1, 0.15) is 47.6 Å². The summed E-state index contributed by atoms with van der Waals surface area (Å²) < 4.78 is 7.21. The zero-order valence-electron chi connectivity index (χ0n) is 17.6. The predicted molar refractivity (Wildman–Crippen MR) is 124 cm³/mol. The lowest BCUT2D eigenvalue weighted by molar-refractivity contribution is 0.0696. The van der Waals surface area contributed by atoms with Crippen molar-refractivity contribution in [2.45, 2.75) is 51.2 Å². The molecule has 0 saturated heterocycles. The zero-order chi connectivity index (χ0) is 21.4. The molecule has 0 saturated carbocycles. The van der Waals surface area contributed by atoms with Gasteiger partial charge in [0.25, 0.3) is 8.32 Å². The van der Waals surface area contributed by atoms with Gasteiger partial charge < -0.3 is 9.53 Å². The molecule has 4 nitrogen and oxygen atoms in total. The Morgan fingerprint density at radius 2 is 1.63 bits per heavy atom. The van der Waals surface area contributed by atoms with Crippen LogP contribution >= 0.6 is 11.3 Å². The number of aromatic nitrogens is 1. The number of aryl methyl sites for hydroxylation is 1. The highest BCUT2D eigenvalue weighted by atomic mass is 32.1. The lowest BCUT2D eigenvalue weighted by atomic mass is 10.0. The van der Waals surface area contributed by atoms with E-state index in [9.17, 15) is 9.90 Å². The standard InChI is InChI=1S/C24H27NO3SSi/c1-24(2,3)30(18-10-6-4-7-11-18,19-12-8-5-9-13-19)28-17-14-15-20-21(16-17)29-22(25-20)23(26)27/h4-13,17H,14-16H2,1-3H3,(H,26,27). The van der Waals surface area contributed by atoms with Gasteiger partial charge in [0.15, 0.2) is 0 Å². The molecule has 30 heavy (non-hydrogen) atoms. The van der Waals surface area contributed by atoms with E-state index in [-0.39, 0.29) is 16.1 Å². The minimum Gasteiger partial charge on any atom is -0.476 e. The summed E-state index contributed by atoms with van der Waals surface area (Å²) in [7, 11) is -2.61. The number of carbonyl (C=O) groups is 1. The molecule has 1 atom stereocenters. The van der Waals surface area contributed by atoms with Crippen LogP contribution in [0.5, 0.6) is 0 Å². The number of carboxylic acids is 1. The van der Waals surface area contributed by atoms with Crippen molar-refractivity contribution in [3.8, 4) is 0 Å². The van der Waals surface area contributed by atoms with Gasteiger partial charge in [0.05, 0.1) is 11.8 Å². The van der Waals surface area contributed by atoms with E-state index in [2.05, 4.69) is 74.3 Å². The van der Waals surface area contributed by atoms with Crippen molar-refractivity contribution in [2.75, 3.05) is 0 Å². The number of rotatable bonds is 5. The van der Waals surface area contributed by atoms with Gasteiger partial charge in [0, 0.05) is 11.3 Å². The summed E-state index contributed by atoms with van der Waals surface area (Å²) >= 11 is 1.30. The maximum atomic E-state index is 11.4. The van der Waals surface area contributed by atoms with Gasteiger partial charge in [-0.2, -0.15) is 0 Å². The van der Waals surface area contributed by atoms with Crippen LogP contribution in [-0.2, 0) is 17.3 Å². The zero-order valence-corrected chi connectivity index (χ0v) is 19.4. The first-order chi connectivity index (χ1) is 14.3. The average Bonchev–Trinajstić information content (AvgIpc) is 3.16. The monoisotopic (exact) mass is 437 g/mol. The second kappa shape index (κ2) is 8.10. The lowest BCUT2D eigenvalue weighted by Crippen LogP contribution is -2.68. The van der Waals surface area contributed by atoms with Gasteiger partial charge in [-0.05, 0) is 28.3 Å². The van der Waals surface area contributed by atoms with Gasteiger partial charge in [-0.25, -0.2) is 9.78 Å². The second-order valence-corrected chi connectivity index (χ2v) is 14.2. The molecule has 156 valence electrons. The summed E-state index contributed by atoms with van der Waals surface area (Å²) in [6.45, 7) is 6.84. The first-order valence-electron chi connectivity index (χ1n) is 10.3. The van der Waals surface area contributed by atoms with E-state index in [0.29, 0.717) is 0 Å². The number of hydrogen-bond acceptors (Lipinski definition) is 4. The quantitative estimate of drug-likeness (QED) is 0.606. The number of carboxylic acid groups (broad SMARTS) is 1. The van der Waals surface area contributed by atoms with Crippen LogP contribution < -0.4 is 10.4 Å². The lowest BCUT2D eigenvalue weighted by Gasteiger charge is -2.45. The molecule has 1 N–H and O–H groups in total. The van der Waals surface area contributed by atoms with E-state index >= 15 is 0 Å². The molecular formula is C24H27NO3SSi. The first-order valence-corrected chi connectivity index (χ1v) is 13.0. The van der Waals surface area contributed by atoms with Crippen molar-refractivity contribution in [1.82, 2.24) is 4.98 Å². The van der Waals surface area contributed by atoms with Crippen LogP contribution in [0.15, 0.2) is 60.7 Å². The van der Waals surface area contributed by atoms with E-state index in [1.165, 1.54) is 21.7 Å². The number of aromatic carboxylic acids is 1. The Morgan fingerprint density at radius 1 is 1.07 bits per heavy atom. The fraction of sp³-hybridized carbons (Fsp3) is 0.333. The highest BCUT2D eigenvalue weighted by Crippen LogP contribution is 2.39. The molecule has 0 amide bonds. The minimum atomic E-state index is -2.61. The Hall–Kier alpha value is -2.28. The van der Waals surface area contributed by atoms with Crippen molar-refractivity contribution < 1.29 is 14.3 Å². The third kappa shape index (κ3) is 3.75. The third-order valence-corrected chi connectivity index (χ3v) is 12.0. The SMILES string of the molecule is CC(C)(C)[Si](OC1CCc2nc(C(=O)O)sc2C1)(c1ccccc1)c1ccccc1. The topological polar surface area (TPSA) is 59.4 Å². The minimum absolute atomic E-state index is 0.0471. The van der Waals surface area contributed by atoms with Crippen LogP contribution in [0.4, 0.5) is 0 Å². The molecule has 1 aliphatic rings. The number of fused-ring (bicyclic) bond motifs is 1. The fourth-order valence-corrected chi connectivity index (χ4v) is 10.2. The van der Waals surface area contributed by atoms with Crippen LogP contribution in [-0.4, -0.2) is 30.5 Å². The largest absolute Gasteiger partial charge is 0.476 e. The molecular weight excluding hydrogens is 410 g/mol. The molecule has 6 heteroatoms. The van der Waals surface area contributed by atoms with Crippen LogP contribution in [0, 0.1) is 0 Å². The summed E-state index contributed by atoms with van der Waals surface area (Å²) in [5.74, 6) is -0.946. The molecule has 0 radical (unpaired) electrons. The predicted octanol–water partition coefficient (Wildman–Crippen LogP) is 4.28. The molecule has 0 bridgehead atoms. The van der Waals surface area contributed by atoms with Crippen LogP contribution in [0.2, 0.25) is 5.04 Å². The van der Waals surface area contributed by atoms with Crippen molar-refractivity contribution in [2.24, 2.45) is 0 Å². The first kappa shape index (κ1) is 21.0. The highest BCUT2D eigenvalue weighted by Gasteiger charge is 2.51. The fourth-order valence-electron chi connectivity index (χ4n) is 4.48. The molecule has 1 aliphatic carbocycles. The van der Waals surface area contributed by atoms with Gasteiger partial charge in [-0.3, -0.25) is 0 Å². The van der Waals surface area contributed by atoms with Gasteiger partial charge in [0.2, 0.25) is 5.01 Å². The summed E-state index contributed by atoms with van der Waals surface area (Å²) in [6.07, 6.45) is 2.40. The Morgan fingerprint density at radius 3 is 2.13 bits per heavy atom. The smallest absolute Gasteiger partial charge is 0.365 e. The number of thiazole rings is 1. The summed E-state index contributed by atoms with van der Waals surface area (Å²) in [4.78, 5) is 16.7. The van der Waals surface area contributed by atoms with Crippen LogP contribution in [0.25, 0.3) is 0 Å². The van der Waals surface area contributed by atoms with Gasteiger partial charge in [-0.1, -0.05) is 81.4 Å². The Kier molecular flexibility index (Phi) is 5.66. The number of benzene rings is 2. The molecule has 1 heterocycles. The Bertz CT molecular complexity index is 988. The van der Waals surface area contributed by atoms with Crippen molar-refractivity contribution in [1.29, 1.82) is 0 Å². The maximum Gasteiger partial charge on any atom is 0.365 e. The summed E-state index contributed by atoms with van der Waals surface area (Å²) in [5.41, 5.74) is 0.930. The van der Waals surface area contributed by atoms with E-state index < -0.39 is 14.3 Å². The van der Waals surface area contributed by atoms with Gasteiger partial charge in [-0.15, -0.1) is 11.3 Å². The van der Waals surface area contributed by atoms with Crippen molar-refractivity contribution in [3.05, 3.63) is 76.2 Å². The Labute approximate surface area is 182 Å². The Balaban J connectivity index is 1.76. The molecule has 1 unspecified atom stereocenters. The van der Waals surface area contributed by atoms with E-state index in [1.807, 2.05) is 12.1 Å². The molecule has 3 aromatic rings. The van der Waals surface area contributed by atoms with Crippen molar-refractivity contribution in [3.63, 3.8) is 0 Å². The molecule has 0 aliphatic heterocycles. The van der Waals surface area contributed by atoms with Crippen molar-refractivity contribution >= 4 is 36.0 Å². The molecule has 0 spiro atoms. The normalized spacial score (nSPS) is 16.8. The third-order valence-electron chi connectivity index (χ3n) is 5.84. The molecule has 2 aromatic carbocycles. The molecule has 1 aromatic heterocycles. The summed E-state index contributed by atoms with van der Waals surface area (Å²) in [6, 6.07) is 21.3. The van der Waals surface area contributed by atoms with E-state index in [1.54, 1.807) is 0 Å². The number of hydrogen-bond donors (Lipinski definition) is 1. The van der Waals surface area contributed by atoms with Gasteiger partial charge >= 0.3 is 5.97 Å². The van der Waals surface area contributed by atoms with E-state index in [0.717, 1.165) is 29.8 Å². The van der Waals surface area contributed by atoms with Gasteiger partial charge in [0.1, 0.15) is 0 Å². The second-order valence-electron chi connectivity index (χ2n) is 8.84. The highest BCUT2D eigenvalue weighted by molar-refractivity contribution is 7.13. The van der Waals surface area contributed by atoms with Crippen LogP contribution in [0.3, 0.4) is 0 Å². The van der Waals surface area contributed by atoms with E-state index in [4.69, 9.17) is 4.43 Å². The average molecular weight is 438 g/mol. The number of nitrogens with zero attached hydrogens (tertiary/aromatic N) is 1. The molecule has 4 rings (SSSR count). The molecule has 0 fully saturated rings.